The van der Waals surface area contributed by atoms with Crippen LogP contribution in [0.25, 0.3) is 0 Å². The Labute approximate surface area is 224 Å². The van der Waals surface area contributed by atoms with Gasteiger partial charge < -0.3 is 19.7 Å². The fraction of sp³-hybridized carbons (Fsp3) is 0.586. The SMILES string of the molecule is Cc1ccc(N(C(=O)c2ccco2)C2CCN(CCC3(CC(=O)NCCC(=O)O)CCCCC3)CC2)nc1. The number of rotatable bonds is 11. The van der Waals surface area contributed by atoms with E-state index in [1.54, 1.807) is 23.2 Å². The molecule has 3 heterocycles. The molecule has 38 heavy (non-hydrogen) atoms. The summed E-state index contributed by atoms with van der Waals surface area (Å²) in [4.78, 5) is 45.6. The van der Waals surface area contributed by atoms with Gasteiger partial charge in [-0.1, -0.05) is 25.3 Å². The van der Waals surface area contributed by atoms with E-state index < -0.39 is 5.97 Å². The number of carboxylic acid groups (broad SMARTS) is 1. The van der Waals surface area contributed by atoms with Gasteiger partial charge in [0.25, 0.3) is 5.91 Å². The first kappa shape index (κ1) is 27.8. The number of likely N-dealkylation sites (tertiary alicyclic amines) is 1. The van der Waals surface area contributed by atoms with Gasteiger partial charge in [-0.25, -0.2) is 4.98 Å². The van der Waals surface area contributed by atoms with Crippen molar-refractivity contribution in [2.24, 2.45) is 5.41 Å². The summed E-state index contributed by atoms with van der Waals surface area (Å²) in [7, 11) is 0. The molecule has 2 aromatic rings. The zero-order valence-corrected chi connectivity index (χ0v) is 22.4. The number of piperidine rings is 1. The van der Waals surface area contributed by atoms with E-state index in [4.69, 9.17) is 9.52 Å². The number of furan rings is 1. The fourth-order valence-electron chi connectivity index (χ4n) is 5.90. The fourth-order valence-corrected chi connectivity index (χ4v) is 5.90. The maximum atomic E-state index is 13.4. The highest BCUT2D eigenvalue weighted by Gasteiger charge is 2.36. The molecule has 2 fully saturated rings. The Kier molecular flexibility index (Phi) is 9.55. The molecule has 4 rings (SSSR count). The molecule has 2 N–H and O–H groups in total. The van der Waals surface area contributed by atoms with Crippen LogP contribution in [0.2, 0.25) is 0 Å². The normalized spacial score (nSPS) is 18.1. The Morgan fingerprint density at radius 2 is 1.92 bits per heavy atom. The van der Waals surface area contributed by atoms with Gasteiger partial charge in [0, 0.05) is 38.3 Å². The van der Waals surface area contributed by atoms with Crippen LogP contribution in [0.15, 0.2) is 41.1 Å². The lowest BCUT2D eigenvalue weighted by molar-refractivity contribution is -0.137. The van der Waals surface area contributed by atoms with E-state index in [1.165, 1.54) is 12.7 Å². The van der Waals surface area contributed by atoms with Crippen molar-refractivity contribution in [3.63, 3.8) is 0 Å². The van der Waals surface area contributed by atoms with E-state index in [0.29, 0.717) is 18.0 Å². The van der Waals surface area contributed by atoms with Crippen molar-refractivity contribution in [2.75, 3.05) is 31.1 Å². The van der Waals surface area contributed by atoms with Crippen LogP contribution < -0.4 is 10.2 Å². The zero-order valence-electron chi connectivity index (χ0n) is 22.4. The molecule has 1 saturated carbocycles. The Bertz CT molecular complexity index is 1060. The number of carboxylic acids is 1. The third-order valence-corrected chi connectivity index (χ3v) is 8.08. The first-order valence-corrected chi connectivity index (χ1v) is 13.9. The number of hydrogen-bond donors (Lipinski definition) is 2. The quantitative estimate of drug-likeness (QED) is 0.447. The summed E-state index contributed by atoms with van der Waals surface area (Å²) in [5, 5.41) is 11.6. The van der Waals surface area contributed by atoms with Crippen LogP contribution in [0.3, 0.4) is 0 Å². The Morgan fingerprint density at radius 3 is 2.55 bits per heavy atom. The monoisotopic (exact) mass is 524 g/mol. The van der Waals surface area contributed by atoms with Crippen LogP contribution in [0.4, 0.5) is 5.82 Å². The molecule has 0 aromatic carbocycles. The number of hydrogen-bond acceptors (Lipinski definition) is 6. The molecule has 0 unspecified atom stereocenters. The summed E-state index contributed by atoms with van der Waals surface area (Å²) in [6.45, 7) is 4.83. The minimum atomic E-state index is -0.899. The lowest BCUT2D eigenvalue weighted by atomic mass is 9.69. The van der Waals surface area contributed by atoms with Crippen LogP contribution in [-0.4, -0.2) is 65.0 Å². The molecule has 206 valence electrons. The topological polar surface area (TPSA) is 116 Å². The van der Waals surface area contributed by atoms with E-state index in [2.05, 4.69) is 15.2 Å². The summed E-state index contributed by atoms with van der Waals surface area (Å²) in [5.41, 5.74) is 1.02. The number of nitrogens with zero attached hydrogens (tertiary/aromatic N) is 3. The lowest BCUT2D eigenvalue weighted by Crippen LogP contribution is -2.48. The minimum Gasteiger partial charge on any atom is -0.481 e. The number of nitrogens with one attached hydrogen (secondary N) is 1. The number of carbonyl (C=O) groups excluding carboxylic acids is 2. The number of aromatic nitrogens is 1. The summed E-state index contributed by atoms with van der Waals surface area (Å²) < 4.78 is 5.43. The molecule has 1 saturated heterocycles. The molecule has 0 spiro atoms. The van der Waals surface area contributed by atoms with Crippen molar-refractivity contribution >= 4 is 23.6 Å². The second-order valence-electron chi connectivity index (χ2n) is 10.9. The van der Waals surface area contributed by atoms with Crippen molar-refractivity contribution in [1.82, 2.24) is 15.2 Å². The van der Waals surface area contributed by atoms with Crippen molar-refractivity contribution in [1.29, 1.82) is 0 Å². The first-order valence-electron chi connectivity index (χ1n) is 13.9. The van der Waals surface area contributed by atoms with E-state index in [1.807, 2.05) is 19.1 Å². The highest BCUT2D eigenvalue weighted by atomic mass is 16.4. The van der Waals surface area contributed by atoms with Gasteiger partial charge in [-0.3, -0.25) is 19.3 Å². The Balaban J connectivity index is 1.35. The predicted octanol–water partition coefficient (Wildman–Crippen LogP) is 4.42. The largest absolute Gasteiger partial charge is 0.481 e. The smallest absolute Gasteiger partial charge is 0.305 e. The second-order valence-corrected chi connectivity index (χ2v) is 10.9. The van der Waals surface area contributed by atoms with Crippen LogP contribution in [0.1, 0.15) is 80.3 Å². The molecule has 2 aliphatic rings. The first-order chi connectivity index (χ1) is 18.3. The van der Waals surface area contributed by atoms with Crippen molar-refractivity contribution < 1.29 is 23.9 Å². The van der Waals surface area contributed by atoms with Gasteiger partial charge in [-0.2, -0.15) is 0 Å². The second kappa shape index (κ2) is 13.0. The van der Waals surface area contributed by atoms with Crippen molar-refractivity contribution in [3.05, 3.63) is 48.0 Å². The van der Waals surface area contributed by atoms with Gasteiger partial charge >= 0.3 is 5.97 Å². The summed E-state index contributed by atoms with van der Waals surface area (Å²) in [6.07, 6.45) is 11.9. The van der Waals surface area contributed by atoms with Gasteiger partial charge in [-0.05, 0) is 74.8 Å². The van der Waals surface area contributed by atoms with E-state index in [-0.39, 0.29) is 36.2 Å². The molecule has 0 atom stereocenters. The van der Waals surface area contributed by atoms with E-state index in [9.17, 15) is 14.4 Å². The molecule has 9 heteroatoms. The van der Waals surface area contributed by atoms with Crippen LogP contribution in [0.5, 0.6) is 0 Å². The van der Waals surface area contributed by atoms with Gasteiger partial charge in [-0.15, -0.1) is 0 Å². The molecule has 9 nitrogen and oxygen atoms in total. The Hall–Kier alpha value is -3.20. The van der Waals surface area contributed by atoms with Gasteiger partial charge in [0.05, 0.1) is 12.7 Å². The van der Waals surface area contributed by atoms with E-state index in [0.717, 1.165) is 70.1 Å². The number of amides is 2. The van der Waals surface area contributed by atoms with Crippen molar-refractivity contribution in [2.45, 2.75) is 77.2 Å². The number of aryl methyl sites for hydroxylation is 1. The maximum Gasteiger partial charge on any atom is 0.305 e. The third kappa shape index (κ3) is 7.43. The van der Waals surface area contributed by atoms with Crippen LogP contribution >= 0.6 is 0 Å². The predicted molar refractivity (Wildman–Crippen MR) is 144 cm³/mol. The molecule has 2 amide bonds. The van der Waals surface area contributed by atoms with Gasteiger partial charge in [0.15, 0.2) is 5.76 Å². The molecule has 2 aromatic heterocycles. The highest BCUT2D eigenvalue weighted by Crippen LogP contribution is 2.42. The summed E-state index contributed by atoms with van der Waals surface area (Å²) in [6, 6.07) is 7.32. The average molecular weight is 525 g/mol. The van der Waals surface area contributed by atoms with Crippen LogP contribution in [0, 0.1) is 12.3 Å². The highest BCUT2D eigenvalue weighted by molar-refractivity contribution is 6.04. The molecule has 1 aliphatic carbocycles. The number of anilines is 1. The molecule has 0 radical (unpaired) electrons. The Morgan fingerprint density at radius 1 is 1.16 bits per heavy atom. The third-order valence-electron chi connectivity index (χ3n) is 8.08. The van der Waals surface area contributed by atoms with Crippen molar-refractivity contribution in [3.8, 4) is 0 Å². The number of aliphatic carboxylic acids is 1. The minimum absolute atomic E-state index is 0.0183. The zero-order chi connectivity index (χ0) is 27.0. The molecule has 1 aliphatic heterocycles. The standard InChI is InChI=1S/C29H40N4O5/c1-22-7-8-25(31-21-22)33(28(37)24-6-5-19-38-24)23-10-16-32(17-11-23)18-14-29(12-3-2-4-13-29)20-26(34)30-15-9-27(35)36/h5-8,19,21,23H,2-4,9-18,20H2,1H3,(H,30,34)(H,35,36). The summed E-state index contributed by atoms with van der Waals surface area (Å²) in [5.74, 6) is -0.144. The number of carbonyl (C=O) groups is 3. The maximum absolute atomic E-state index is 13.4. The summed E-state index contributed by atoms with van der Waals surface area (Å²) >= 11 is 0. The van der Waals surface area contributed by atoms with E-state index >= 15 is 0 Å². The number of pyridine rings is 1. The molecule has 0 bridgehead atoms. The lowest BCUT2D eigenvalue weighted by Gasteiger charge is -2.41. The van der Waals surface area contributed by atoms with Gasteiger partial charge in [0.1, 0.15) is 5.82 Å². The molecular formula is C29H40N4O5. The molecular weight excluding hydrogens is 484 g/mol. The van der Waals surface area contributed by atoms with Crippen LogP contribution in [-0.2, 0) is 9.59 Å². The average Bonchev–Trinajstić information content (AvgIpc) is 3.45. The van der Waals surface area contributed by atoms with Gasteiger partial charge in [0.2, 0.25) is 5.91 Å².